The Kier molecular flexibility index (Phi) is 7.08. The SMILES string of the molecule is CC1CCc2nc(SCCC(=O)Nc3ccc(Oc4ccccc4)cc3)c(C#N)cc2C1. The number of ether oxygens (including phenoxy) is 1. The standard InChI is InChI=1S/C26H25N3O2S/c1-18-7-12-24-19(15-18)16-20(17-27)26(29-24)32-14-13-25(30)28-21-8-10-23(11-9-21)31-22-5-3-2-4-6-22/h2-6,8-11,16,18H,7,12-15H2,1H3,(H,28,30). The summed E-state index contributed by atoms with van der Waals surface area (Å²) in [5.41, 5.74) is 3.63. The Bertz CT molecular complexity index is 1120. The van der Waals surface area contributed by atoms with Crippen LogP contribution in [0.25, 0.3) is 0 Å². The van der Waals surface area contributed by atoms with Crippen molar-refractivity contribution in [2.45, 2.75) is 37.6 Å². The number of benzene rings is 2. The maximum Gasteiger partial charge on any atom is 0.225 e. The van der Waals surface area contributed by atoms with Crippen molar-refractivity contribution < 1.29 is 9.53 Å². The average molecular weight is 444 g/mol. The summed E-state index contributed by atoms with van der Waals surface area (Å²) in [7, 11) is 0. The second-order valence-corrected chi connectivity index (χ2v) is 9.08. The number of aryl methyl sites for hydroxylation is 1. The lowest BCUT2D eigenvalue weighted by atomic mass is 9.87. The predicted molar refractivity (Wildman–Crippen MR) is 127 cm³/mol. The van der Waals surface area contributed by atoms with Crippen LogP contribution in [0.15, 0.2) is 65.7 Å². The first-order valence-electron chi connectivity index (χ1n) is 10.8. The van der Waals surface area contributed by atoms with Gasteiger partial charge in [0.05, 0.1) is 5.56 Å². The number of amides is 1. The predicted octanol–water partition coefficient (Wildman–Crippen LogP) is 5.99. The summed E-state index contributed by atoms with van der Waals surface area (Å²) in [5.74, 6) is 2.61. The van der Waals surface area contributed by atoms with Gasteiger partial charge in [0.2, 0.25) is 5.91 Å². The minimum absolute atomic E-state index is 0.0699. The lowest BCUT2D eigenvalue weighted by Crippen LogP contribution is -2.14. The maximum absolute atomic E-state index is 12.4. The van der Waals surface area contributed by atoms with Crippen LogP contribution in [0.2, 0.25) is 0 Å². The zero-order chi connectivity index (χ0) is 22.3. The number of nitrogens with zero attached hydrogens (tertiary/aromatic N) is 2. The van der Waals surface area contributed by atoms with Crippen molar-refractivity contribution in [3.63, 3.8) is 0 Å². The Morgan fingerprint density at radius 3 is 2.69 bits per heavy atom. The van der Waals surface area contributed by atoms with Crippen LogP contribution in [-0.4, -0.2) is 16.6 Å². The van der Waals surface area contributed by atoms with E-state index < -0.39 is 0 Å². The van der Waals surface area contributed by atoms with Gasteiger partial charge in [-0.05, 0) is 73.2 Å². The van der Waals surface area contributed by atoms with Gasteiger partial charge in [-0.1, -0.05) is 25.1 Å². The molecule has 6 heteroatoms. The van der Waals surface area contributed by atoms with Crippen molar-refractivity contribution >= 4 is 23.4 Å². The lowest BCUT2D eigenvalue weighted by molar-refractivity contribution is -0.115. The molecule has 162 valence electrons. The molecule has 1 atom stereocenters. The highest BCUT2D eigenvalue weighted by Crippen LogP contribution is 2.30. The van der Waals surface area contributed by atoms with Gasteiger partial charge in [-0.25, -0.2) is 4.98 Å². The van der Waals surface area contributed by atoms with E-state index in [1.165, 1.54) is 17.3 Å². The number of aromatic nitrogens is 1. The Balaban J connectivity index is 1.29. The topological polar surface area (TPSA) is 75.0 Å². The minimum Gasteiger partial charge on any atom is -0.457 e. The van der Waals surface area contributed by atoms with E-state index in [4.69, 9.17) is 9.72 Å². The van der Waals surface area contributed by atoms with Gasteiger partial charge in [0.25, 0.3) is 0 Å². The summed E-state index contributed by atoms with van der Waals surface area (Å²) in [5, 5.41) is 13.2. The van der Waals surface area contributed by atoms with E-state index in [2.05, 4.69) is 18.3 Å². The molecule has 0 spiro atoms. The molecule has 1 amide bonds. The number of pyridine rings is 1. The van der Waals surface area contributed by atoms with Crippen LogP contribution in [-0.2, 0) is 17.6 Å². The second kappa shape index (κ2) is 10.3. The van der Waals surface area contributed by atoms with Crippen LogP contribution in [0.3, 0.4) is 0 Å². The molecule has 1 N–H and O–H groups in total. The summed E-state index contributed by atoms with van der Waals surface area (Å²) in [6.45, 7) is 2.24. The van der Waals surface area contributed by atoms with E-state index in [1.807, 2.05) is 60.7 Å². The summed E-state index contributed by atoms with van der Waals surface area (Å²) in [6.07, 6.45) is 3.42. The van der Waals surface area contributed by atoms with Gasteiger partial charge in [0.1, 0.15) is 22.6 Å². The number of thioether (sulfide) groups is 1. The van der Waals surface area contributed by atoms with Gasteiger partial charge in [0, 0.05) is 23.6 Å². The minimum atomic E-state index is -0.0699. The van der Waals surface area contributed by atoms with E-state index in [-0.39, 0.29) is 5.91 Å². The smallest absolute Gasteiger partial charge is 0.225 e. The van der Waals surface area contributed by atoms with Gasteiger partial charge in [-0.3, -0.25) is 4.79 Å². The number of hydrogen-bond acceptors (Lipinski definition) is 5. The van der Waals surface area contributed by atoms with E-state index in [0.29, 0.717) is 29.4 Å². The highest BCUT2D eigenvalue weighted by atomic mass is 32.2. The molecule has 0 saturated heterocycles. The molecule has 0 saturated carbocycles. The molecular weight excluding hydrogens is 418 g/mol. The number of para-hydroxylation sites is 1. The molecule has 1 aliphatic rings. The third kappa shape index (κ3) is 5.68. The number of nitriles is 1. The molecule has 1 heterocycles. The largest absolute Gasteiger partial charge is 0.457 e. The number of fused-ring (bicyclic) bond motifs is 1. The molecular formula is C26H25N3O2S. The Labute approximate surface area is 192 Å². The average Bonchev–Trinajstić information content (AvgIpc) is 2.80. The van der Waals surface area contributed by atoms with Gasteiger partial charge in [-0.2, -0.15) is 5.26 Å². The maximum atomic E-state index is 12.4. The monoisotopic (exact) mass is 443 g/mol. The fourth-order valence-electron chi connectivity index (χ4n) is 3.71. The molecule has 0 fully saturated rings. The third-order valence-corrected chi connectivity index (χ3v) is 6.40. The summed E-state index contributed by atoms with van der Waals surface area (Å²) < 4.78 is 5.77. The van der Waals surface area contributed by atoms with Gasteiger partial charge >= 0.3 is 0 Å². The number of hydrogen-bond donors (Lipinski definition) is 1. The number of carbonyl (C=O) groups is 1. The van der Waals surface area contributed by atoms with E-state index in [9.17, 15) is 10.1 Å². The van der Waals surface area contributed by atoms with Crippen molar-refractivity contribution in [2.24, 2.45) is 5.92 Å². The van der Waals surface area contributed by atoms with E-state index >= 15 is 0 Å². The molecule has 0 bridgehead atoms. The molecule has 0 radical (unpaired) electrons. The first kappa shape index (κ1) is 21.9. The molecule has 1 unspecified atom stereocenters. The second-order valence-electron chi connectivity index (χ2n) is 7.99. The van der Waals surface area contributed by atoms with Crippen LogP contribution >= 0.6 is 11.8 Å². The zero-order valence-corrected chi connectivity index (χ0v) is 18.8. The highest BCUT2D eigenvalue weighted by Gasteiger charge is 2.19. The van der Waals surface area contributed by atoms with Crippen molar-refractivity contribution in [2.75, 3.05) is 11.1 Å². The zero-order valence-electron chi connectivity index (χ0n) is 18.0. The van der Waals surface area contributed by atoms with E-state index in [0.717, 1.165) is 41.4 Å². The fraction of sp³-hybridized carbons (Fsp3) is 0.269. The number of carbonyl (C=O) groups excluding carboxylic acids is 1. The van der Waals surface area contributed by atoms with Gasteiger partial charge < -0.3 is 10.1 Å². The molecule has 3 aromatic rings. The van der Waals surface area contributed by atoms with Gasteiger partial charge in [0.15, 0.2) is 0 Å². The quantitative estimate of drug-likeness (QED) is 0.454. The first-order valence-corrected chi connectivity index (χ1v) is 11.8. The van der Waals surface area contributed by atoms with Crippen molar-refractivity contribution in [3.05, 3.63) is 77.5 Å². The molecule has 0 aliphatic heterocycles. The summed E-state index contributed by atoms with van der Waals surface area (Å²) >= 11 is 1.47. The van der Waals surface area contributed by atoms with Gasteiger partial charge in [-0.15, -0.1) is 11.8 Å². The van der Waals surface area contributed by atoms with Crippen molar-refractivity contribution in [3.8, 4) is 17.6 Å². The molecule has 1 aliphatic carbocycles. The first-order chi connectivity index (χ1) is 15.6. The number of nitrogens with one attached hydrogen (secondary N) is 1. The fourth-order valence-corrected chi connectivity index (χ4v) is 4.63. The number of anilines is 1. The lowest BCUT2D eigenvalue weighted by Gasteiger charge is -2.21. The van der Waals surface area contributed by atoms with Crippen molar-refractivity contribution in [1.29, 1.82) is 5.26 Å². The molecule has 2 aromatic carbocycles. The molecule has 1 aromatic heterocycles. The van der Waals surface area contributed by atoms with Crippen LogP contribution in [0, 0.1) is 17.2 Å². The Morgan fingerprint density at radius 2 is 1.94 bits per heavy atom. The number of rotatable bonds is 7. The Hall–Kier alpha value is -3.30. The third-order valence-electron chi connectivity index (χ3n) is 5.40. The van der Waals surface area contributed by atoms with Crippen LogP contribution in [0.5, 0.6) is 11.5 Å². The van der Waals surface area contributed by atoms with Crippen LogP contribution < -0.4 is 10.1 Å². The van der Waals surface area contributed by atoms with Crippen LogP contribution in [0.4, 0.5) is 5.69 Å². The molecule has 5 nitrogen and oxygen atoms in total. The highest BCUT2D eigenvalue weighted by molar-refractivity contribution is 7.99. The van der Waals surface area contributed by atoms with Crippen LogP contribution in [0.1, 0.15) is 36.6 Å². The molecule has 4 rings (SSSR count). The molecule has 32 heavy (non-hydrogen) atoms. The normalized spacial score (nSPS) is 14.8. The summed E-state index contributed by atoms with van der Waals surface area (Å²) in [6, 6.07) is 21.1. The summed E-state index contributed by atoms with van der Waals surface area (Å²) in [4.78, 5) is 17.1. The van der Waals surface area contributed by atoms with E-state index in [1.54, 1.807) is 0 Å². The van der Waals surface area contributed by atoms with Crippen molar-refractivity contribution in [1.82, 2.24) is 4.98 Å². The Morgan fingerprint density at radius 1 is 1.19 bits per heavy atom.